The molecule has 10 heteroatoms. The molecule has 2 aromatic rings. The van der Waals surface area contributed by atoms with Crippen molar-refractivity contribution in [1.82, 2.24) is 0 Å². The molecular formula is C47H80O10. The molecule has 0 aliphatic carbocycles. The third kappa shape index (κ3) is 33.3. The number of unbranched alkanes of at least 4 members (excludes halogenated alkanes) is 11. The molecule has 2 aromatic carbocycles. The molecule has 328 valence electrons. The van der Waals surface area contributed by atoms with E-state index in [1.165, 1.54) is 94.6 Å². The zero-order valence-electron chi connectivity index (χ0n) is 36.0. The summed E-state index contributed by atoms with van der Waals surface area (Å²) in [5.41, 5.74) is 2.76. The van der Waals surface area contributed by atoms with Crippen LogP contribution in [0.5, 0.6) is 11.5 Å². The van der Waals surface area contributed by atoms with E-state index in [4.69, 9.17) is 47.4 Å². The van der Waals surface area contributed by atoms with Crippen LogP contribution in [-0.4, -0.2) is 119 Å². The first kappa shape index (κ1) is 50.9. The van der Waals surface area contributed by atoms with Gasteiger partial charge in [-0.25, -0.2) is 0 Å². The van der Waals surface area contributed by atoms with Crippen LogP contribution in [0.3, 0.4) is 0 Å². The smallest absolute Gasteiger partial charge is 0.119 e. The lowest BCUT2D eigenvalue weighted by Gasteiger charge is -2.09. The summed E-state index contributed by atoms with van der Waals surface area (Å²) in [5, 5.41) is 0. The average Bonchev–Trinajstić information content (AvgIpc) is 3.23. The summed E-state index contributed by atoms with van der Waals surface area (Å²) in [4.78, 5) is 0. The van der Waals surface area contributed by atoms with E-state index in [0.29, 0.717) is 119 Å². The molecule has 0 amide bonds. The Kier molecular flexibility index (Phi) is 36.1. The Hall–Kier alpha value is -2.28. The van der Waals surface area contributed by atoms with Crippen molar-refractivity contribution >= 4 is 0 Å². The first-order valence-electron chi connectivity index (χ1n) is 22.4. The minimum Gasteiger partial charge on any atom is -0.491 e. The van der Waals surface area contributed by atoms with Gasteiger partial charge in [0.2, 0.25) is 0 Å². The maximum Gasteiger partial charge on any atom is 0.119 e. The molecule has 0 fully saturated rings. The Labute approximate surface area is 346 Å². The van der Waals surface area contributed by atoms with Crippen molar-refractivity contribution in [2.45, 2.75) is 110 Å². The maximum absolute atomic E-state index is 5.80. The molecule has 57 heavy (non-hydrogen) atoms. The van der Waals surface area contributed by atoms with Crippen LogP contribution in [0, 0.1) is 0 Å². The van der Waals surface area contributed by atoms with Crippen molar-refractivity contribution in [2.24, 2.45) is 0 Å². The summed E-state index contributed by atoms with van der Waals surface area (Å²) in [7, 11) is 0. The van der Waals surface area contributed by atoms with Gasteiger partial charge in [-0.2, -0.15) is 0 Å². The number of hydrogen-bond donors (Lipinski definition) is 0. The van der Waals surface area contributed by atoms with Crippen molar-refractivity contribution < 1.29 is 47.4 Å². The standard InChI is InChI=1S/C47H80O10/c1-3-5-7-9-11-13-15-17-45-20-24-47(25-21-45)57-43-41-55-39-37-53-35-33-51-31-29-49-27-26-48-28-30-50-32-34-52-36-38-54-40-42-56-46-22-18-44(19-23-46)16-14-12-10-8-6-4-2/h18-25H,3-17,26-43H2,1-2H3. The highest BCUT2D eigenvalue weighted by Gasteiger charge is 2.01. The molecule has 2 rings (SSSR count). The number of benzene rings is 2. The maximum atomic E-state index is 5.80. The number of ether oxygens (including phenoxy) is 10. The summed E-state index contributed by atoms with van der Waals surface area (Å²) in [6.07, 6.45) is 19.6. The summed E-state index contributed by atoms with van der Waals surface area (Å²) in [6.45, 7) is 14.0. The van der Waals surface area contributed by atoms with E-state index in [2.05, 4.69) is 62.4 Å². The molecule has 0 saturated heterocycles. The summed E-state index contributed by atoms with van der Waals surface area (Å²) in [6, 6.07) is 16.9. The first-order chi connectivity index (χ1) is 28.3. The zero-order chi connectivity index (χ0) is 40.4. The van der Waals surface area contributed by atoms with Crippen LogP contribution in [0.4, 0.5) is 0 Å². The predicted molar refractivity (Wildman–Crippen MR) is 229 cm³/mol. The highest BCUT2D eigenvalue weighted by atomic mass is 16.6. The minimum absolute atomic E-state index is 0.519. The quantitative estimate of drug-likeness (QED) is 0.0604. The average molecular weight is 805 g/mol. The summed E-state index contributed by atoms with van der Waals surface area (Å²) < 4.78 is 56.1. The van der Waals surface area contributed by atoms with E-state index in [9.17, 15) is 0 Å². The second-order valence-corrected chi connectivity index (χ2v) is 14.3. The van der Waals surface area contributed by atoms with Crippen LogP contribution >= 0.6 is 0 Å². The van der Waals surface area contributed by atoms with Crippen LogP contribution < -0.4 is 9.47 Å². The molecule has 0 unspecified atom stereocenters. The van der Waals surface area contributed by atoms with E-state index in [-0.39, 0.29) is 0 Å². The Balaban J connectivity index is 1.20. The van der Waals surface area contributed by atoms with Gasteiger partial charge in [0.1, 0.15) is 24.7 Å². The minimum atomic E-state index is 0.519. The van der Waals surface area contributed by atoms with Crippen LogP contribution in [0.15, 0.2) is 48.5 Å². The van der Waals surface area contributed by atoms with Gasteiger partial charge in [0.25, 0.3) is 0 Å². The Morgan fingerprint density at radius 1 is 0.263 bits per heavy atom. The molecule has 0 aliphatic heterocycles. The van der Waals surface area contributed by atoms with E-state index >= 15 is 0 Å². The second kappa shape index (κ2) is 40.5. The zero-order valence-corrected chi connectivity index (χ0v) is 36.0. The van der Waals surface area contributed by atoms with E-state index < -0.39 is 0 Å². The van der Waals surface area contributed by atoms with E-state index in [1.807, 2.05) is 0 Å². The monoisotopic (exact) mass is 805 g/mol. The van der Waals surface area contributed by atoms with Gasteiger partial charge in [-0.05, 0) is 61.1 Å². The highest BCUT2D eigenvalue weighted by Crippen LogP contribution is 2.16. The molecular weight excluding hydrogens is 725 g/mol. The predicted octanol–water partition coefficient (Wildman–Crippen LogP) is 9.47. The number of hydrogen-bond acceptors (Lipinski definition) is 10. The van der Waals surface area contributed by atoms with Gasteiger partial charge in [-0.1, -0.05) is 109 Å². The highest BCUT2D eigenvalue weighted by molar-refractivity contribution is 5.28. The fourth-order valence-corrected chi connectivity index (χ4v) is 5.98. The second-order valence-electron chi connectivity index (χ2n) is 14.3. The van der Waals surface area contributed by atoms with Crippen molar-refractivity contribution in [3.05, 3.63) is 59.7 Å². The Morgan fingerprint density at radius 2 is 0.491 bits per heavy atom. The first-order valence-corrected chi connectivity index (χ1v) is 22.4. The molecule has 0 aliphatic rings. The van der Waals surface area contributed by atoms with Crippen LogP contribution in [0.1, 0.15) is 108 Å². The molecule has 0 bridgehead atoms. The number of aryl methyl sites for hydroxylation is 2. The van der Waals surface area contributed by atoms with Crippen LogP contribution in [0.25, 0.3) is 0 Å². The topological polar surface area (TPSA) is 92.3 Å². The van der Waals surface area contributed by atoms with E-state index in [1.54, 1.807) is 0 Å². The lowest BCUT2D eigenvalue weighted by atomic mass is 10.0. The molecule has 0 aromatic heterocycles. The summed E-state index contributed by atoms with van der Waals surface area (Å²) in [5.74, 6) is 1.78. The normalized spacial score (nSPS) is 11.4. The van der Waals surface area contributed by atoms with Gasteiger partial charge in [0, 0.05) is 0 Å². The van der Waals surface area contributed by atoms with Gasteiger partial charge in [-0.3, -0.25) is 0 Å². The molecule has 0 atom stereocenters. The summed E-state index contributed by atoms with van der Waals surface area (Å²) >= 11 is 0. The van der Waals surface area contributed by atoms with Gasteiger partial charge < -0.3 is 47.4 Å². The van der Waals surface area contributed by atoms with Gasteiger partial charge in [-0.15, -0.1) is 0 Å². The SMILES string of the molecule is CCCCCCCCCc1ccc(OCCOCCOCCOCCOCCOCCOCCOCCOCCOc2ccc(CCCCCCCC)cc2)cc1. The van der Waals surface area contributed by atoms with Gasteiger partial charge in [0.15, 0.2) is 0 Å². The largest absolute Gasteiger partial charge is 0.491 e. The molecule has 0 spiro atoms. The number of rotatable bonds is 44. The molecule has 0 saturated carbocycles. The third-order valence-corrected chi connectivity index (χ3v) is 9.33. The molecule has 0 radical (unpaired) electrons. The molecule has 10 nitrogen and oxygen atoms in total. The lowest BCUT2D eigenvalue weighted by Crippen LogP contribution is -2.15. The van der Waals surface area contributed by atoms with Crippen LogP contribution in [-0.2, 0) is 50.7 Å². The molecule has 0 N–H and O–H groups in total. The molecule has 0 heterocycles. The van der Waals surface area contributed by atoms with Crippen molar-refractivity contribution in [1.29, 1.82) is 0 Å². The Morgan fingerprint density at radius 3 is 0.754 bits per heavy atom. The van der Waals surface area contributed by atoms with E-state index in [0.717, 1.165) is 24.3 Å². The fourth-order valence-electron chi connectivity index (χ4n) is 5.98. The van der Waals surface area contributed by atoms with Gasteiger partial charge >= 0.3 is 0 Å². The third-order valence-electron chi connectivity index (χ3n) is 9.33. The van der Waals surface area contributed by atoms with Crippen molar-refractivity contribution in [3.8, 4) is 11.5 Å². The van der Waals surface area contributed by atoms with Crippen LogP contribution in [0.2, 0.25) is 0 Å². The lowest BCUT2D eigenvalue weighted by molar-refractivity contribution is -0.0241. The Bertz CT molecular complexity index is 1080. The van der Waals surface area contributed by atoms with Crippen molar-refractivity contribution in [2.75, 3.05) is 119 Å². The van der Waals surface area contributed by atoms with Gasteiger partial charge in [0.05, 0.1) is 106 Å². The fraction of sp³-hybridized carbons (Fsp3) is 0.745. The van der Waals surface area contributed by atoms with Crippen molar-refractivity contribution in [3.63, 3.8) is 0 Å².